The molecule has 2 heterocycles. The standard InChI is InChI=1S/C20H21N7O3S/c1-26-18(11-27-16-7-5-4-6-14(16)22-25-27)23-24-20(26)31-12-19(28)21-15-9-8-13(29-2)10-17(15)30-3/h4-10H,11-12H2,1-3H3,(H,21,28). The number of thioether (sulfide) groups is 1. The monoisotopic (exact) mass is 439 g/mol. The van der Waals surface area contributed by atoms with Crippen LogP contribution in [0.15, 0.2) is 47.6 Å². The third kappa shape index (κ3) is 4.45. The lowest BCUT2D eigenvalue weighted by Crippen LogP contribution is -2.15. The summed E-state index contributed by atoms with van der Waals surface area (Å²) >= 11 is 1.30. The molecule has 0 saturated heterocycles. The third-order valence-corrected chi connectivity index (χ3v) is 5.67. The molecule has 4 aromatic rings. The molecule has 2 aromatic carbocycles. The van der Waals surface area contributed by atoms with E-state index in [0.717, 1.165) is 16.9 Å². The Bertz CT molecular complexity index is 1220. The van der Waals surface area contributed by atoms with E-state index in [4.69, 9.17) is 9.47 Å². The van der Waals surface area contributed by atoms with Gasteiger partial charge in [0.15, 0.2) is 11.0 Å². The molecule has 0 aliphatic rings. The fraction of sp³-hybridized carbons (Fsp3) is 0.250. The van der Waals surface area contributed by atoms with Gasteiger partial charge in [-0.25, -0.2) is 4.68 Å². The number of benzene rings is 2. The fourth-order valence-electron chi connectivity index (χ4n) is 2.99. The SMILES string of the molecule is COc1ccc(NC(=O)CSc2nnc(Cn3nnc4ccccc43)n2C)c(OC)c1. The largest absolute Gasteiger partial charge is 0.497 e. The van der Waals surface area contributed by atoms with Gasteiger partial charge in [-0.15, -0.1) is 15.3 Å². The van der Waals surface area contributed by atoms with E-state index in [9.17, 15) is 4.79 Å². The number of nitrogens with one attached hydrogen (secondary N) is 1. The maximum atomic E-state index is 12.4. The molecule has 4 rings (SSSR count). The molecule has 31 heavy (non-hydrogen) atoms. The molecule has 0 bridgehead atoms. The Morgan fingerprint density at radius 2 is 1.94 bits per heavy atom. The summed E-state index contributed by atoms with van der Waals surface area (Å²) in [5.41, 5.74) is 2.32. The van der Waals surface area contributed by atoms with Crippen LogP contribution >= 0.6 is 11.8 Å². The van der Waals surface area contributed by atoms with Crippen LogP contribution in [0.25, 0.3) is 11.0 Å². The number of anilines is 1. The van der Waals surface area contributed by atoms with Gasteiger partial charge in [0.1, 0.15) is 23.6 Å². The second kappa shape index (κ2) is 9.04. The Balaban J connectivity index is 1.39. The van der Waals surface area contributed by atoms with Gasteiger partial charge in [-0.05, 0) is 24.3 Å². The van der Waals surface area contributed by atoms with Gasteiger partial charge in [0, 0.05) is 13.1 Å². The highest BCUT2D eigenvalue weighted by molar-refractivity contribution is 7.99. The van der Waals surface area contributed by atoms with Crippen LogP contribution in [0.5, 0.6) is 11.5 Å². The normalized spacial score (nSPS) is 10.9. The van der Waals surface area contributed by atoms with Gasteiger partial charge in [-0.3, -0.25) is 4.79 Å². The van der Waals surface area contributed by atoms with E-state index in [1.165, 1.54) is 11.8 Å². The van der Waals surface area contributed by atoms with E-state index >= 15 is 0 Å². The number of hydrogen-bond donors (Lipinski definition) is 1. The number of ether oxygens (including phenoxy) is 2. The van der Waals surface area contributed by atoms with Crippen molar-refractivity contribution >= 4 is 34.4 Å². The van der Waals surface area contributed by atoms with Crippen LogP contribution in [-0.2, 0) is 18.4 Å². The van der Waals surface area contributed by atoms with Crippen molar-refractivity contribution in [2.75, 3.05) is 25.3 Å². The Labute approximate surface area is 182 Å². The molecule has 0 unspecified atom stereocenters. The summed E-state index contributed by atoms with van der Waals surface area (Å²) in [4.78, 5) is 12.4. The molecule has 11 heteroatoms. The summed E-state index contributed by atoms with van der Waals surface area (Å²) in [5, 5.41) is 20.3. The van der Waals surface area contributed by atoms with Gasteiger partial charge in [0.05, 0.1) is 31.2 Å². The second-order valence-corrected chi connectivity index (χ2v) is 7.54. The Morgan fingerprint density at radius 1 is 1.10 bits per heavy atom. The highest BCUT2D eigenvalue weighted by Gasteiger charge is 2.15. The molecular formula is C20H21N7O3S. The first-order valence-corrected chi connectivity index (χ1v) is 10.4. The Kier molecular flexibility index (Phi) is 6.03. The van der Waals surface area contributed by atoms with E-state index in [1.807, 2.05) is 35.9 Å². The number of rotatable bonds is 8. The molecule has 0 aliphatic heterocycles. The molecule has 0 aliphatic carbocycles. The zero-order valence-corrected chi connectivity index (χ0v) is 18.1. The van der Waals surface area contributed by atoms with Gasteiger partial charge in [-0.1, -0.05) is 29.1 Å². The first-order chi connectivity index (χ1) is 15.1. The number of nitrogens with zero attached hydrogens (tertiary/aromatic N) is 6. The van der Waals surface area contributed by atoms with Crippen LogP contribution in [0, 0.1) is 0 Å². The second-order valence-electron chi connectivity index (χ2n) is 6.60. The summed E-state index contributed by atoms with van der Waals surface area (Å²) in [6, 6.07) is 12.9. The minimum absolute atomic E-state index is 0.174. The van der Waals surface area contributed by atoms with Gasteiger partial charge >= 0.3 is 0 Å². The topological polar surface area (TPSA) is 109 Å². The molecular weight excluding hydrogens is 418 g/mol. The summed E-state index contributed by atoms with van der Waals surface area (Å²) in [6.45, 7) is 0.430. The van der Waals surface area contributed by atoms with Crippen molar-refractivity contribution in [2.45, 2.75) is 11.7 Å². The average molecular weight is 440 g/mol. The first kappa shape index (κ1) is 20.7. The highest BCUT2D eigenvalue weighted by atomic mass is 32.2. The summed E-state index contributed by atoms with van der Waals surface area (Å²) < 4.78 is 14.1. The van der Waals surface area contributed by atoms with E-state index in [0.29, 0.717) is 28.9 Å². The minimum Gasteiger partial charge on any atom is -0.497 e. The van der Waals surface area contributed by atoms with E-state index in [1.54, 1.807) is 37.1 Å². The van der Waals surface area contributed by atoms with Gasteiger partial charge < -0.3 is 19.4 Å². The maximum Gasteiger partial charge on any atom is 0.234 e. The predicted octanol–water partition coefficient (Wildman–Crippen LogP) is 2.36. The molecule has 1 amide bonds. The Morgan fingerprint density at radius 3 is 2.74 bits per heavy atom. The molecule has 0 radical (unpaired) electrons. The van der Waals surface area contributed by atoms with Crippen molar-refractivity contribution in [1.82, 2.24) is 29.8 Å². The number of fused-ring (bicyclic) bond motifs is 1. The molecule has 0 atom stereocenters. The van der Waals surface area contributed by atoms with Crippen molar-refractivity contribution in [1.29, 1.82) is 0 Å². The third-order valence-electron chi connectivity index (χ3n) is 4.65. The number of carbonyl (C=O) groups excluding carboxylic acids is 1. The lowest BCUT2D eigenvalue weighted by atomic mass is 10.2. The molecule has 2 aromatic heterocycles. The van der Waals surface area contributed by atoms with Crippen molar-refractivity contribution in [3.63, 3.8) is 0 Å². The number of para-hydroxylation sites is 1. The van der Waals surface area contributed by atoms with E-state index in [2.05, 4.69) is 25.8 Å². The lowest BCUT2D eigenvalue weighted by Gasteiger charge is -2.11. The van der Waals surface area contributed by atoms with Crippen LogP contribution in [0.4, 0.5) is 5.69 Å². The van der Waals surface area contributed by atoms with Crippen molar-refractivity contribution in [3.05, 3.63) is 48.3 Å². The van der Waals surface area contributed by atoms with Gasteiger partial charge in [0.2, 0.25) is 5.91 Å². The number of hydrogen-bond acceptors (Lipinski definition) is 8. The van der Waals surface area contributed by atoms with Crippen LogP contribution in [0.3, 0.4) is 0 Å². The molecule has 1 N–H and O–H groups in total. The van der Waals surface area contributed by atoms with Crippen LogP contribution < -0.4 is 14.8 Å². The quantitative estimate of drug-likeness (QED) is 0.417. The number of amides is 1. The van der Waals surface area contributed by atoms with E-state index in [-0.39, 0.29) is 11.7 Å². The smallest absolute Gasteiger partial charge is 0.234 e. The summed E-state index contributed by atoms with van der Waals surface area (Å²) in [5.74, 6) is 1.89. The van der Waals surface area contributed by atoms with Gasteiger partial charge in [0.25, 0.3) is 0 Å². The summed E-state index contributed by atoms with van der Waals surface area (Å²) in [6.07, 6.45) is 0. The van der Waals surface area contributed by atoms with Crippen LogP contribution in [-0.4, -0.2) is 55.6 Å². The number of methoxy groups -OCH3 is 2. The van der Waals surface area contributed by atoms with Crippen molar-refractivity contribution in [3.8, 4) is 11.5 Å². The maximum absolute atomic E-state index is 12.4. The molecule has 160 valence electrons. The molecule has 0 saturated carbocycles. The fourth-order valence-corrected chi connectivity index (χ4v) is 3.72. The zero-order valence-electron chi connectivity index (χ0n) is 17.3. The molecule has 0 spiro atoms. The predicted molar refractivity (Wildman–Crippen MR) is 117 cm³/mol. The van der Waals surface area contributed by atoms with Crippen LogP contribution in [0.2, 0.25) is 0 Å². The summed E-state index contributed by atoms with van der Waals surface area (Å²) in [7, 11) is 4.98. The minimum atomic E-state index is -0.180. The molecule has 0 fully saturated rings. The van der Waals surface area contributed by atoms with Crippen molar-refractivity contribution in [2.24, 2.45) is 7.05 Å². The zero-order chi connectivity index (χ0) is 21.8. The first-order valence-electron chi connectivity index (χ1n) is 9.40. The van der Waals surface area contributed by atoms with Gasteiger partial charge in [-0.2, -0.15) is 0 Å². The van der Waals surface area contributed by atoms with Crippen molar-refractivity contribution < 1.29 is 14.3 Å². The lowest BCUT2D eigenvalue weighted by molar-refractivity contribution is -0.113. The average Bonchev–Trinajstić information content (AvgIpc) is 3.36. The number of carbonyl (C=O) groups is 1. The highest BCUT2D eigenvalue weighted by Crippen LogP contribution is 2.29. The van der Waals surface area contributed by atoms with Crippen LogP contribution in [0.1, 0.15) is 5.82 Å². The Hall–Kier alpha value is -3.60. The number of aromatic nitrogens is 6. The van der Waals surface area contributed by atoms with E-state index < -0.39 is 0 Å². The molecule has 10 nitrogen and oxygen atoms in total.